The highest BCUT2D eigenvalue weighted by Gasteiger charge is 2.13. The second-order valence-electron chi connectivity index (χ2n) is 4.87. The Bertz CT molecular complexity index is 715. The van der Waals surface area contributed by atoms with Gasteiger partial charge in [-0.2, -0.15) is 5.10 Å². The number of hydrogen-bond donors (Lipinski definition) is 1. The van der Waals surface area contributed by atoms with E-state index in [0.717, 1.165) is 5.56 Å². The molecular weight excluding hydrogens is 293 g/mol. The molecule has 2 rings (SSSR count). The Morgan fingerprint density at radius 2 is 2.19 bits per heavy atom. The van der Waals surface area contributed by atoms with Crippen LogP contribution < -0.4 is 10.9 Å². The van der Waals surface area contributed by atoms with E-state index in [1.807, 2.05) is 19.9 Å². The van der Waals surface area contributed by atoms with E-state index in [2.05, 4.69) is 10.4 Å². The quantitative estimate of drug-likeness (QED) is 0.939. The first kappa shape index (κ1) is 15.5. The molecule has 112 valence electrons. The lowest BCUT2D eigenvalue weighted by Crippen LogP contribution is -2.23. The normalized spacial score (nSPS) is 12.2. The van der Waals surface area contributed by atoms with Crippen molar-refractivity contribution in [3.05, 3.63) is 56.7 Å². The molecule has 21 heavy (non-hydrogen) atoms. The van der Waals surface area contributed by atoms with Gasteiger partial charge >= 0.3 is 0 Å². The summed E-state index contributed by atoms with van der Waals surface area (Å²) in [6, 6.07) is 4.83. The lowest BCUT2D eigenvalue weighted by atomic mass is 10.1. The highest BCUT2D eigenvalue weighted by molar-refractivity contribution is 6.32. The monoisotopic (exact) mass is 309 g/mol. The van der Waals surface area contributed by atoms with E-state index in [1.165, 1.54) is 16.9 Å². The number of anilines is 1. The number of nitrogens with zero attached hydrogens (tertiary/aromatic N) is 2. The third kappa shape index (κ3) is 3.24. The molecule has 0 bridgehead atoms. The lowest BCUT2D eigenvalue weighted by molar-refractivity contribution is 0.612. The van der Waals surface area contributed by atoms with Crippen molar-refractivity contribution < 1.29 is 4.39 Å². The Labute approximate surface area is 127 Å². The molecule has 0 aliphatic rings. The van der Waals surface area contributed by atoms with Gasteiger partial charge in [-0.15, -0.1) is 0 Å². The van der Waals surface area contributed by atoms with Crippen molar-refractivity contribution in [1.29, 1.82) is 0 Å². The van der Waals surface area contributed by atoms with Crippen LogP contribution in [0.4, 0.5) is 10.1 Å². The van der Waals surface area contributed by atoms with Gasteiger partial charge in [0.25, 0.3) is 5.56 Å². The Morgan fingerprint density at radius 1 is 1.48 bits per heavy atom. The second-order valence-corrected chi connectivity index (χ2v) is 5.25. The Morgan fingerprint density at radius 3 is 2.81 bits per heavy atom. The van der Waals surface area contributed by atoms with Crippen LogP contribution >= 0.6 is 11.6 Å². The highest BCUT2D eigenvalue weighted by atomic mass is 35.5. The third-order valence-electron chi connectivity index (χ3n) is 3.35. The van der Waals surface area contributed by atoms with Gasteiger partial charge in [-0.25, -0.2) is 9.07 Å². The molecule has 1 N–H and O–H groups in total. The molecule has 4 nitrogen and oxygen atoms in total. The van der Waals surface area contributed by atoms with Gasteiger partial charge in [-0.1, -0.05) is 23.7 Å². The molecule has 0 radical (unpaired) electrons. The molecule has 1 heterocycles. The van der Waals surface area contributed by atoms with Crippen molar-refractivity contribution in [2.45, 2.75) is 33.4 Å². The molecule has 1 atom stereocenters. The number of hydrogen-bond acceptors (Lipinski definition) is 3. The number of nitrogens with one attached hydrogen (secondary N) is 1. The summed E-state index contributed by atoms with van der Waals surface area (Å²) in [4.78, 5) is 11.9. The molecule has 0 aliphatic carbocycles. The van der Waals surface area contributed by atoms with Gasteiger partial charge in [0.05, 0.1) is 11.9 Å². The van der Waals surface area contributed by atoms with Crippen molar-refractivity contribution in [2.75, 3.05) is 5.32 Å². The molecule has 0 saturated heterocycles. The fourth-order valence-electron chi connectivity index (χ4n) is 1.99. The zero-order chi connectivity index (χ0) is 15.6. The number of aryl methyl sites for hydroxylation is 2. The Balaban J connectivity index is 2.27. The summed E-state index contributed by atoms with van der Waals surface area (Å²) in [5.41, 5.74) is 1.47. The van der Waals surface area contributed by atoms with Gasteiger partial charge in [0.2, 0.25) is 0 Å². The molecule has 2 aromatic rings. The standard InChI is InChI=1S/C15H17ClFN3O/c1-4-20-15(21)14(16)13(8-18-20)19-10(3)11-6-5-9(2)12(17)7-11/h5-8,10,19H,4H2,1-3H3. The van der Waals surface area contributed by atoms with E-state index in [0.29, 0.717) is 17.8 Å². The SMILES string of the molecule is CCn1ncc(NC(C)c2ccc(C)c(F)c2)c(Cl)c1=O. The highest BCUT2D eigenvalue weighted by Crippen LogP contribution is 2.23. The maximum atomic E-state index is 13.6. The van der Waals surface area contributed by atoms with E-state index < -0.39 is 0 Å². The zero-order valence-electron chi connectivity index (χ0n) is 12.2. The van der Waals surface area contributed by atoms with Gasteiger partial charge in [0.1, 0.15) is 10.8 Å². The van der Waals surface area contributed by atoms with Crippen LogP contribution in [0.3, 0.4) is 0 Å². The molecule has 6 heteroatoms. The van der Waals surface area contributed by atoms with Crippen molar-refractivity contribution >= 4 is 17.3 Å². The molecule has 0 fully saturated rings. The summed E-state index contributed by atoms with van der Waals surface area (Å²) in [6.07, 6.45) is 1.51. The van der Waals surface area contributed by atoms with Gasteiger partial charge in [0, 0.05) is 12.6 Å². The first-order valence-corrected chi connectivity index (χ1v) is 7.10. The second kappa shape index (κ2) is 6.26. The van der Waals surface area contributed by atoms with Crippen LogP contribution in [0.5, 0.6) is 0 Å². The van der Waals surface area contributed by atoms with Gasteiger partial charge in [-0.05, 0) is 38.0 Å². The van der Waals surface area contributed by atoms with Crippen LogP contribution in [0.2, 0.25) is 5.02 Å². The average molecular weight is 310 g/mol. The minimum atomic E-state index is -0.341. The van der Waals surface area contributed by atoms with Crippen molar-refractivity contribution in [3.8, 4) is 0 Å². The van der Waals surface area contributed by atoms with Crippen LogP contribution in [0.1, 0.15) is 31.0 Å². The molecule has 0 saturated carbocycles. The van der Waals surface area contributed by atoms with Gasteiger partial charge < -0.3 is 5.32 Å². The molecule has 0 aliphatic heterocycles. The Hall–Kier alpha value is -1.88. The fourth-order valence-corrected chi connectivity index (χ4v) is 2.19. The van der Waals surface area contributed by atoms with Crippen molar-refractivity contribution in [3.63, 3.8) is 0 Å². The largest absolute Gasteiger partial charge is 0.376 e. The molecular formula is C15H17ClFN3O. The summed E-state index contributed by atoms with van der Waals surface area (Å²) in [5.74, 6) is -0.258. The predicted octanol–water partition coefficient (Wildman–Crippen LogP) is 3.54. The average Bonchev–Trinajstić information content (AvgIpc) is 2.47. The van der Waals surface area contributed by atoms with E-state index >= 15 is 0 Å². The molecule has 1 unspecified atom stereocenters. The molecule has 1 aromatic heterocycles. The summed E-state index contributed by atoms with van der Waals surface area (Å²) in [5, 5.41) is 7.20. The van der Waals surface area contributed by atoms with Gasteiger partial charge in [-0.3, -0.25) is 4.79 Å². The van der Waals surface area contributed by atoms with E-state index in [4.69, 9.17) is 11.6 Å². The summed E-state index contributed by atoms with van der Waals surface area (Å²) in [6.45, 7) is 5.85. The van der Waals surface area contributed by atoms with Crippen molar-refractivity contribution in [2.24, 2.45) is 0 Å². The van der Waals surface area contributed by atoms with E-state index in [9.17, 15) is 9.18 Å². The van der Waals surface area contributed by atoms with Gasteiger partial charge in [0.15, 0.2) is 0 Å². The van der Waals surface area contributed by atoms with Crippen LogP contribution in [0.25, 0.3) is 0 Å². The van der Waals surface area contributed by atoms with E-state index in [-0.39, 0.29) is 22.4 Å². The smallest absolute Gasteiger partial charge is 0.287 e. The number of aromatic nitrogens is 2. The molecule has 0 spiro atoms. The third-order valence-corrected chi connectivity index (χ3v) is 3.72. The van der Waals surface area contributed by atoms with Crippen molar-refractivity contribution in [1.82, 2.24) is 9.78 Å². The molecule has 0 amide bonds. The maximum absolute atomic E-state index is 13.6. The zero-order valence-corrected chi connectivity index (χ0v) is 12.9. The topological polar surface area (TPSA) is 46.9 Å². The lowest BCUT2D eigenvalue weighted by Gasteiger charge is -2.17. The number of rotatable bonds is 4. The predicted molar refractivity (Wildman–Crippen MR) is 82.4 cm³/mol. The molecule has 1 aromatic carbocycles. The Kier molecular flexibility index (Phi) is 4.63. The number of benzene rings is 1. The van der Waals surface area contributed by atoms with Crippen LogP contribution in [0.15, 0.2) is 29.2 Å². The van der Waals surface area contributed by atoms with Crippen LogP contribution in [-0.4, -0.2) is 9.78 Å². The van der Waals surface area contributed by atoms with E-state index in [1.54, 1.807) is 13.0 Å². The number of halogens is 2. The fraction of sp³-hybridized carbons (Fsp3) is 0.333. The summed E-state index contributed by atoms with van der Waals surface area (Å²) < 4.78 is 14.9. The summed E-state index contributed by atoms with van der Waals surface area (Å²) >= 11 is 6.06. The first-order valence-electron chi connectivity index (χ1n) is 6.72. The maximum Gasteiger partial charge on any atom is 0.287 e. The summed E-state index contributed by atoms with van der Waals surface area (Å²) in [7, 11) is 0. The van der Waals surface area contributed by atoms with Crippen LogP contribution in [-0.2, 0) is 6.54 Å². The first-order chi connectivity index (χ1) is 9.93. The van der Waals surface area contributed by atoms with Crippen LogP contribution in [0, 0.1) is 12.7 Å². The minimum Gasteiger partial charge on any atom is -0.376 e. The minimum absolute atomic E-state index is 0.0892.